The molecular weight excluding hydrogens is 358 g/mol. The molecule has 1 aromatic carbocycles. The number of H-pyrrole nitrogens is 2. The smallest absolute Gasteiger partial charge is 0.259 e. The van der Waals surface area contributed by atoms with E-state index in [1.54, 1.807) is 18.2 Å². The summed E-state index contributed by atoms with van der Waals surface area (Å²) in [4.78, 5) is 29.9. The maximum Gasteiger partial charge on any atom is 0.259 e. The minimum absolute atomic E-state index is 0.0109. The van der Waals surface area contributed by atoms with E-state index in [-0.39, 0.29) is 27.5 Å². The standard InChI is InChI=1S/C17H21N3O3S2/c1-2-25(23)14-6-4-3-5-12(14)18-15(21)10-7-8-11-13(9-10)19-17(24)20-16(11)22/h7-9,12,14H,2-6H2,1H3,(H,18,21)(H2,19,20,22,24). The number of aromatic nitrogens is 2. The molecule has 0 saturated heterocycles. The highest BCUT2D eigenvalue weighted by atomic mass is 32.2. The summed E-state index contributed by atoms with van der Waals surface area (Å²) in [5, 5.41) is 3.50. The Morgan fingerprint density at radius 2 is 2.08 bits per heavy atom. The molecule has 0 bridgehead atoms. The first kappa shape index (κ1) is 18.0. The van der Waals surface area contributed by atoms with Crippen molar-refractivity contribution in [3.8, 4) is 0 Å². The van der Waals surface area contributed by atoms with Gasteiger partial charge in [0.1, 0.15) is 0 Å². The number of rotatable bonds is 4. The topological polar surface area (TPSA) is 94.8 Å². The number of carbonyl (C=O) groups excluding carboxylic acids is 1. The maximum atomic E-state index is 12.6. The highest BCUT2D eigenvalue weighted by Gasteiger charge is 2.30. The van der Waals surface area contributed by atoms with Crippen molar-refractivity contribution < 1.29 is 9.00 Å². The van der Waals surface area contributed by atoms with E-state index in [1.807, 2.05) is 6.92 Å². The monoisotopic (exact) mass is 379 g/mol. The van der Waals surface area contributed by atoms with Crippen LogP contribution in [0.4, 0.5) is 0 Å². The van der Waals surface area contributed by atoms with E-state index in [4.69, 9.17) is 12.2 Å². The Morgan fingerprint density at radius 1 is 1.32 bits per heavy atom. The third-order valence-corrected chi connectivity index (χ3v) is 6.66. The Hall–Kier alpha value is -1.80. The van der Waals surface area contributed by atoms with Crippen LogP contribution in [0.15, 0.2) is 23.0 Å². The van der Waals surface area contributed by atoms with E-state index in [9.17, 15) is 13.8 Å². The molecule has 25 heavy (non-hydrogen) atoms. The van der Waals surface area contributed by atoms with Crippen LogP contribution in [0.2, 0.25) is 0 Å². The van der Waals surface area contributed by atoms with E-state index in [2.05, 4.69) is 15.3 Å². The molecule has 0 radical (unpaired) electrons. The van der Waals surface area contributed by atoms with Gasteiger partial charge in [-0.3, -0.25) is 18.8 Å². The van der Waals surface area contributed by atoms with Crippen LogP contribution >= 0.6 is 12.2 Å². The lowest BCUT2D eigenvalue weighted by Crippen LogP contribution is -2.47. The van der Waals surface area contributed by atoms with Crippen molar-refractivity contribution in [3.63, 3.8) is 0 Å². The molecule has 1 amide bonds. The molecule has 3 N–H and O–H groups in total. The second-order valence-electron chi connectivity index (χ2n) is 6.24. The van der Waals surface area contributed by atoms with Gasteiger partial charge in [0.25, 0.3) is 11.5 Å². The predicted octanol–water partition coefficient (Wildman–Crippen LogP) is 2.40. The lowest BCUT2D eigenvalue weighted by molar-refractivity contribution is 0.0929. The minimum Gasteiger partial charge on any atom is -0.348 e. The Balaban J connectivity index is 1.85. The summed E-state index contributed by atoms with van der Waals surface area (Å²) in [6, 6.07) is 4.79. The first-order valence-corrected chi connectivity index (χ1v) is 10.2. The molecule has 0 spiro atoms. The number of carbonyl (C=O) groups is 1. The van der Waals surface area contributed by atoms with Crippen LogP contribution in [0, 0.1) is 4.77 Å². The molecule has 1 aliphatic carbocycles. The lowest BCUT2D eigenvalue weighted by atomic mass is 9.94. The number of aromatic amines is 2. The number of amides is 1. The predicted molar refractivity (Wildman–Crippen MR) is 102 cm³/mol. The van der Waals surface area contributed by atoms with Crippen molar-refractivity contribution in [2.45, 2.75) is 43.9 Å². The van der Waals surface area contributed by atoms with Crippen molar-refractivity contribution in [3.05, 3.63) is 38.9 Å². The van der Waals surface area contributed by atoms with Crippen molar-refractivity contribution in [1.82, 2.24) is 15.3 Å². The molecule has 3 rings (SSSR count). The van der Waals surface area contributed by atoms with Crippen LogP contribution in [0.5, 0.6) is 0 Å². The first-order valence-electron chi connectivity index (χ1n) is 8.44. The molecule has 1 aromatic heterocycles. The van der Waals surface area contributed by atoms with E-state index in [1.165, 1.54) is 0 Å². The molecule has 6 nitrogen and oxygen atoms in total. The molecule has 2 aromatic rings. The van der Waals surface area contributed by atoms with Crippen LogP contribution in [-0.4, -0.2) is 37.1 Å². The first-order chi connectivity index (χ1) is 12.0. The fourth-order valence-corrected chi connectivity index (χ4v) is 4.98. The van der Waals surface area contributed by atoms with E-state index in [0.29, 0.717) is 22.2 Å². The zero-order valence-electron chi connectivity index (χ0n) is 14.0. The fourth-order valence-electron chi connectivity index (χ4n) is 3.35. The van der Waals surface area contributed by atoms with Crippen LogP contribution < -0.4 is 10.9 Å². The molecule has 8 heteroatoms. The maximum absolute atomic E-state index is 12.6. The van der Waals surface area contributed by atoms with Gasteiger partial charge in [0.2, 0.25) is 0 Å². The van der Waals surface area contributed by atoms with Crippen molar-refractivity contribution in [2.24, 2.45) is 0 Å². The highest BCUT2D eigenvalue weighted by Crippen LogP contribution is 2.23. The van der Waals surface area contributed by atoms with Crippen molar-refractivity contribution in [1.29, 1.82) is 0 Å². The van der Waals surface area contributed by atoms with Crippen LogP contribution in [0.3, 0.4) is 0 Å². The van der Waals surface area contributed by atoms with Crippen LogP contribution in [0.25, 0.3) is 10.9 Å². The molecule has 1 saturated carbocycles. The van der Waals surface area contributed by atoms with Gasteiger partial charge in [0.05, 0.1) is 16.2 Å². The molecular formula is C17H21N3O3S2. The summed E-state index contributed by atoms with van der Waals surface area (Å²) in [5.74, 6) is 0.387. The SMILES string of the molecule is CCS(=O)C1CCCCC1NC(=O)c1ccc2c(=O)[nH]c(=S)[nH]c2c1. The molecule has 1 heterocycles. The molecule has 1 fully saturated rings. The molecule has 134 valence electrons. The summed E-state index contributed by atoms with van der Waals surface area (Å²) in [5.41, 5.74) is 0.700. The van der Waals surface area contributed by atoms with Crippen LogP contribution in [0.1, 0.15) is 43.0 Å². The molecule has 1 aliphatic rings. The lowest BCUT2D eigenvalue weighted by Gasteiger charge is -2.31. The van der Waals surface area contributed by atoms with Gasteiger partial charge in [-0.15, -0.1) is 0 Å². The van der Waals surface area contributed by atoms with Gasteiger partial charge in [-0.05, 0) is 43.3 Å². The summed E-state index contributed by atoms with van der Waals surface area (Å²) >= 11 is 4.98. The highest BCUT2D eigenvalue weighted by molar-refractivity contribution is 7.85. The van der Waals surface area contributed by atoms with E-state index >= 15 is 0 Å². The summed E-state index contributed by atoms with van der Waals surface area (Å²) in [6.07, 6.45) is 3.81. The molecule has 3 atom stereocenters. The van der Waals surface area contributed by atoms with Gasteiger partial charge in [-0.25, -0.2) is 0 Å². The average Bonchev–Trinajstić information content (AvgIpc) is 2.60. The van der Waals surface area contributed by atoms with Gasteiger partial charge >= 0.3 is 0 Å². The van der Waals surface area contributed by atoms with Gasteiger partial charge in [-0.1, -0.05) is 19.8 Å². The van der Waals surface area contributed by atoms with E-state index in [0.717, 1.165) is 25.7 Å². The summed E-state index contributed by atoms with van der Waals surface area (Å²) < 4.78 is 12.5. The average molecular weight is 380 g/mol. The van der Waals surface area contributed by atoms with Crippen molar-refractivity contribution >= 4 is 39.8 Å². The van der Waals surface area contributed by atoms with E-state index < -0.39 is 10.8 Å². The Kier molecular flexibility index (Phi) is 5.48. The second kappa shape index (κ2) is 7.61. The van der Waals surface area contributed by atoms with Gasteiger partial charge in [-0.2, -0.15) is 0 Å². The number of nitrogens with one attached hydrogen (secondary N) is 3. The Bertz CT molecular complexity index is 935. The normalized spacial score (nSPS) is 21.8. The largest absolute Gasteiger partial charge is 0.348 e. The third kappa shape index (κ3) is 3.90. The zero-order valence-corrected chi connectivity index (χ0v) is 15.6. The minimum atomic E-state index is -0.925. The quantitative estimate of drug-likeness (QED) is 0.711. The van der Waals surface area contributed by atoms with Crippen LogP contribution in [-0.2, 0) is 10.8 Å². The summed E-state index contributed by atoms with van der Waals surface area (Å²) in [7, 11) is -0.925. The van der Waals surface area contributed by atoms with Gasteiger partial charge in [0.15, 0.2) is 4.77 Å². The van der Waals surface area contributed by atoms with Gasteiger partial charge < -0.3 is 10.3 Å². The molecule has 0 aliphatic heterocycles. The third-order valence-electron chi connectivity index (χ3n) is 4.64. The van der Waals surface area contributed by atoms with Gasteiger partial charge in [0, 0.05) is 28.2 Å². The fraction of sp³-hybridized carbons (Fsp3) is 0.471. The van der Waals surface area contributed by atoms with Crippen molar-refractivity contribution in [2.75, 3.05) is 5.75 Å². The Morgan fingerprint density at radius 3 is 2.84 bits per heavy atom. The second-order valence-corrected chi connectivity index (χ2v) is 8.59. The zero-order chi connectivity index (χ0) is 18.0. The number of fused-ring (bicyclic) bond motifs is 1. The number of hydrogen-bond acceptors (Lipinski definition) is 4. The Labute approximate surface area is 152 Å². The number of benzene rings is 1. The molecule has 3 unspecified atom stereocenters. The number of hydrogen-bond donors (Lipinski definition) is 3. The summed E-state index contributed by atoms with van der Waals surface area (Å²) in [6.45, 7) is 1.91.